The molecule has 0 bridgehead atoms. The lowest BCUT2D eigenvalue weighted by molar-refractivity contribution is -0.0144. The molecular weight excluding hydrogens is 436 g/mol. The topological polar surface area (TPSA) is 62.7 Å². The number of carbonyl (C=O) groups excluding carboxylic acids is 1. The van der Waals surface area contributed by atoms with Crippen LogP contribution >= 0.6 is 0 Å². The highest BCUT2D eigenvalue weighted by molar-refractivity contribution is 5.95. The summed E-state index contributed by atoms with van der Waals surface area (Å²) < 4.78 is 6.06. The smallest absolute Gasteiger partial charge is 0.256 e. The summed E-state index contributed by atoms with van der Waals surface area (Å²) in [4.78, 5) is 19.6. The number of aromatic nitrogens is 1. The van der Waals surface area contributed by atoms with E-state index in [4.69, 9.17) is 4.74 Å². The normalized spacial score (nSPS) is 14.6. The number of aliphatic hydroxyl groups excluding tert-OH is 1. The number of benzene rings is 2. The fraction of sp³-hybridized carbons (Fsp3) is 0.400. The molecule has 1 fully saturated rings. The first-order valence-corrected chi connectivity index (χ1v) is 12.9. The van der Waals surface area contributed by atoms with Crippen molar-refractivity contribution in [3.8, 4) is 16.9 Å². The Morgan fingerprint density at radius 1 is 1.00 bits per heavy atom. The van der Waals surface area contributed by atoms with Gasteiger partial charge in [0.05, 0.1) is 6.61 Å². The third kappa shape index (κ3) is 6.29. The highest BCUT2D eigenvalue weighted by atomic mass is 16.5. The minimum atomic E-state index is -1.06. The second kappa shape index (κ2) is 12.5. The van der Waals surface area contributed by atoms with E-state index in [-0.39, 0.29) is 11.9 Å². The number of ether oxygens (including phenoxy) is 1. The number of carbonyl (C=O) groups is 1. The van der Waals surface area contributed by atoms with Gasteiger partial charge in [-0.15, -0.1) is 0 Å². The molecule has 0 radical (unpaired) electrons. The lowest BCUT2D eigenvalue weighted by Crippen LogP contribution is -2.42. The molecule has 1 atom stereocenters. The van der Waals surface area contributed by atoms with Crippen LogP contribution in [-0.4, -0.2) is 33.5 Å². The van der Waals surface area contributed by atoms with Crippen molar-refractivity contribution >= 4 is 5.91 Å². The van der Waals surface area contributed by atoms with Gasteiger partial charge in [-0.25, -0.2) is 0 Å². The zero-order valence-corrected chi connectivity index (χ0v) is 20.6. The van der Waals surface area contributed by atoms with E-state index in [1.54, 1.807) is 11.1 Å². The summed E-state index contributed by atoms with van der Waals surface area (Å²) in [6, 6.07) is 19.0. The highest BCUT2D eigenvalue weighted by Crippen LogP contribution is 2.35. The summed E-state index contributed by atoms with van der Waals surface area (Å²) in [6.45, 7) is 2.80. The minimum absolute atomic E-state index is 0.00751. The van der Waals surface area contributed by atoms with Crippen LogP contribution < -0.4 is 4.74 Å². The standard InChI is InChI=1S/C30H36N2O3/c1-2-3-4-9-21-35-28-15-8-7-14-27(28)30(34)32(26-12-5-6-13-26)29(33)24-18-16-23(17-19-24)25-11-10-20-31-22-25/h7-8,10-11,14-20,22,26,30,34H,2-6,9,12-13,21H2,1H3. The van der Waals surface area contributed by atoms with E-state index in [0.29, 0.717) is 23.5 Å². The Kier molecular flexibility index (Phi) is 8.90. The van der Waals surface area contributed by atoms with Crippen LogP contribution in [0.25, 0.3) is 11.1 Å². The molecule has 0 aliphatic heterocycles. The predicted molar refractivity (Wildman–Crippen MR) is 139 cm³/mol. The maximum Gasteiger partial charge on any atom is 0.256 e. The van der Waals surface area contributed by atoms with Crippen molar-refractivity contribution in [1.29, 1.82) is 0 Å². The zero-order valence-electron chi connectivity index (χ0n) is 20.6. The maximum absolute atomic E-state index is 13.8. The first-order chi connectivity index (χ1) is 17.2. The molecule has 1 aromatic heterocycles. The first-order valence-electron chi connectivity index (χ1n) is 12.9. The molecule has 1 saturated carbocycles. The molecule has 1 aliphatic rings. The molecule has 1 N–H and O–H groups in total. The van der Waals surface area contributed by atoms with Crippen LogP contribution in [-0.2, 0) is 0 Å². The maximum atomic E-state index is 13.8. The first kappa shape index (κ1) is 24.9. The van der Waals surface area contributed by atoms with Gasteiger partial charge < -0.3 is 14.7 Å². The molecule has 0 saturated heterocycles. The molecule has 1 unspecified atom stereocenters. The van der Waals surface area contributed by atoms with Gasteiger partial charge in [-0.3, -0.25) is 9.78 Å². The van der Waals surface area contributed by atoms with E-state index in [0.717, 1.165) is 49.7 Å². The summed E-state index contributed by atoms with van der Waals surface area (Å²) in [5.41, 5.74) is 3.23. The summed E-state index contributed by atoms with van der Waals surface area (Å²) in [7, 11) is 0. The Bertz CT molecular complexity index is 1060. The number of amides is 1. The average molecular weight is 473 g/mol. The number of hydrogen-bond donors (Lipinski definition) is 1. The molecule has 1 aliphatic carbocycles. The molecule has 4 rings (SSSR count). The molecule has 1 heterocycles. The SMILES string of the molecule is CCCCCCOc1ccccc1C(O)N(C(=O)c1ccc(-c2cccnc2)cc1)C1CCCC1. The molecule has 0 spiro atoms. The largest absolute Gasteiger partial charge is 0.493 e. The van der Waals surface area contributed by atoms with E-state index in [9.17, 15) is 9.90 Å². The number of pyridine rings is 1. The van der Waals surface area contributed by atoms with Crippen LogP contribution in [0, 0.1) is 0 Å². The van der Waals surface area contributed by atoms with Gasteiger partial charge in [0.25, 0.3) is 5.91 Å². The molecule has 5 nitrogen and oxygen atoms in total. The Morgan fingerprint density at radius 3 is 2.49 bits per heavy atom. The van der Waals surface area contributed by atoms with Crippen molar-refractivity contribution in [2.75, 3.05) is 6.61 Å². The summed E-state index contributed by atoms with van der Waals surface area (Å²) >= 11 is 0. The number of hydrogen-bond acceptors (Lipinski definition) is 4. The van der Waals surface area contributed by atoms with Crippen molar-refractivity contribution in [2.24, 2.45) is 0 Å². The monoisotopic (exact) mass is 472 g/mol. The zero-order chi connectivity index (χ0) is 24.5. The van der Waals surface area contributed by atoms with Crippen LogP contribution in [0.4, 0.5) is 0 Å². The number of rotatable bonds is 11. The van der Waals surface area contributed by atoms with Gasteiger partial charge >= 0.3 is 0 Å². The quantitative estimate of drug-likeness (QED) is 0.247. The van der Waals surface area contributed by atoms with Crippen molar-refractivity contribution in [3.63, 3.8) is 0 Å². The van der Waals surface area contributed by atoms with E-state index in [1.165, 1.54) is 12.8 Å². The van der Waals surface area contributed by atoms with E-state index < -0.39 is 6.23 Å². The van der Waals surface area contributed by atoms with Crippen molar-refractivity contribution < 1.29 is 14.6 Å². The van der Waals surface area contributed by atoms with Crippen LogP contribution in [0.15, 0.2) is 73.1 Å². The Labute approximate surface area is 208 Å². The summed E-state index contributed by atoms with van der Waals surface area (Å²) in [6.07, 6.45) is 10.9. The Balaban J connectivity index is 1.55. The second-order valence-corrected chi connectivity index (χ2v) is 9.29. The summed E-state index contributed by atoms with van der Waals surface area (Å²) in [5, 5.41) is 11.5. The lowest BCUT2D eigenvalue weighted by atomic mass is 10.0. The highest BCUT2D eigenvalue weighted by Gasteiger charge is 2.34. The number of aliphatic hydroxyl groups is 1. The van der Waals surface area contributed by atoms with Crippen LogP contribution in [0.3, 0.4) is 0 Å². The van der Waals surface area contributed by atoms with E-state index in [2.05, 4.69) is 11.9 Å². The van der Waals surface area contributed by atoms with Gasteiger partial charge in [0.15, 0.2) is 6.23 Å². The fourth-order valence-electron chi connectivity index (χ4n) is 4.83. The minimum Gasteiger partial charge on any atom is -0.493 e. The third-order valence-corrected chi connectivity index (χ3v) is 6.80. The van der Waals surface area contributed by atoms with Gasteiger partial charge in [-0.2, -0.15) is 0 Å². The van der Waals surface area contributed by atoms with Crippen molar-refractivity contribution in [1.82, 2.24) is 9.88 Å². The molecule has 3 aromatic rings. The van der Waals surface area contributed by atoms with Crippen molar-refractivity contribution in [3.05, 3.63) is 84.2 Å². The van der Waals surface area contributed by atoms with Crippen LogP contribution in [0.1, 0.15) is 80.4 Å². The van der Waals surface area contributed by atoms with Crippen LogP contribution in [0.2, 0.25) is 0 Å². The Morgan fingerprint density at radius 2 is 1.77 bits per heavy atom. The van der Waals surface area contributed by atoms with Gasteiger partial charge in [-0.1, -0.05) is 75.4 Å². The fourth-order valence-corrected chi connectivity index (χ4v) is 4.83. The van der Waals surface area contributed by atoms with Gasteiger partial charge in [0.2, 0.25) is 0 Å². The predicted octanol–water partition coefficient (Wildman–Crippen LogP) is 6.78. The second-order valence-electron chi connectivity index (χ2n) is 9.29. The molecule has 1 amide bonds. The molecule has 184 valence electrons. The number of nitrogens with zero attached hydrogens (tertiary/aromatic N) is 2. The van der Waals surface area contributed by atoms with Gasteiger partial charge in [-0.05, 0) is 54.7 Å². The van der Waals surface area contributed by atoms with Crippen molar-refractivity contribution in [2.45, 2.75) is 70.6 Å². The van der Waals surface area contributed by atoms with E-state index >= 15 is 0 Å². The summed E-state index contributed by atoms with van der Waals surface area (Å²) in [5.74, 6) is 0.499. The number of unbranched alkanes of at least 4 members (excludes halogenated alkanes) is 3. The average Bonchev–Trinajstić information content (AvgIpc) is 3.44. The van der Waals surface area contributed by atoms with Gasteiger partial charge in [0.1, 0.15) is 5.75 Å². The third-order valence-electron chi connectivity index (χ3n) is 6.80. The lowest BCUT2D eigenvalue weighted by Gasteiger charge is -2.34. The van der Waals surface area contributed by atoms with E-state index in [1.807, 2.05) is 66.9 Å². The molecule has 2 aromatic carbocycles. The van der Waals surface area contributed by atoms with Gasteiger partial charge in [0, 0.05) is 29.6 Å². The Hall–Kier alpha value is -3.18. The number of para-hydroxylation sites is 1. The molecular formula is C30H36N2O3. The molecule has 35 heavy (non-hydrogen) atoms. The molecule has 5 heteroatoms. The van der Waals surface area contributed by atoms with Crippen LogP contribution in [0.5, 0.6) is 5.75 Å².